The standard InChI is InChI=1S/C28H20Cl6O2S3/c29-19-5-1-17(2-6-19)25(37-23-13-9-21(31)10-14-23)27(33)39(35,36)28(34)26(18-3-7-20(30)8-4-18)38-24-15-11-22(32)12-16-24/h1-16,25-28H. The minimum atomic E-state index is -4.14. The average molecular weight is 697 g/mol. The van der Waals surface area contributed by atoms with Crippen LogP contribution in [-0.4, -0.2) is 17.8 Å². The van der Waals surface area contributed by atoms with Crippen molar-refractivity contribution < 1.29 is 8.42 Å². The van der Waals surface area contributed by atoms with Crippen LogP contribution in [0.1, 0.15) is 21.6 Å². The maximum atomic E-state index is 14.1. The summed E-state index contributed by atoms with van der Waals surface area (Å²) in [4.78, 5) is 1.60. The molecule has 4 rings (SSSR count). The topological polar surface area (TPSA) is 34.1 Å². The van der Waals surface area contributed by atoms with Gasteiger partial charge in [-0.05, 0) is 83.9 Å². The summed E-state index contributed by atoms with van der Waals surface area (Å²) in [6, 6.07) is 28.1. The molecule has 0 heterocycles. The quantitative estimate of drug-likeness (QED) is 0.122. The molecule has 11 heteroatoms. The maximum Gasteiger partial charge on any atom is 0.186 e. The predicted molar refractivity (Wildman–Crippen MR) is 171 cm³/mol. The second kappa shape index (κ2) is 14.0. The van der Waals surface area contributed by atoms with Crippen molar-refractivity contribution in [3.05, 3.63) is 128 Å². The van der Waals surface area contributed by atoms with Gasteiger partial charge in [-0.2, -0.15) is 0 Å². The lowest BCUT2D eigenvalue weighted by Gasteiger charge is -2.28. The Morgan fingerprint density at radius 3 is 1.00 bits per heavy atom. The van der Waals surface area contributed by atoms with E-state index in [9.17, 15) is 8.42 Å². The molecule has 0 aliphatic rings. The summed E-state index contributed by atoms with van der Waals surface area (Å²) in [5, 5.41) is 0.817. The number of thioether (sulfide) groups is 2. The van der Waals surface area contributed by atoms with Crippen molar-refractivity contribution in [3.8, 4) is 0 Å². The molecule has 0 aliphatic carbocycles. The molecule has 4 aromatic rings. The van der Waals surface area contributed by atoms with E-state index in [1.807, 2.05) is 24.3 Å². The van der Waals surface area contributed by atoms with Crippen LogP contribution in [-0.2, 0) is 9.84 Å². The lowest BCUT2D eigenvalue weighted by Crippen LogP contribution is -2.32. The summed E-state index contributed by atoms with van der Waals surface area (Å²) in [6.07, 6.45) is 0. The molecule has 204 valence electrons. The molecular formula is C28H20Cl6O2S3. The van der Waals surface area contributed by atoms with Gasteiger partial charge in [-0.1, -0.05) is 70.7 Å². The summed E-state index contributed by atoms with van der Waals surface area (Å²) in [7, 11) is -4.14. The van der Waals surface area contributed by atoms with Crippen LogP contribution in [0.4, 0.5) is 0 Å². The Kier molecular flexibility index (Phi) is 11.2. The van der Waals surface area contributed by atoms with E-state index in [1.165, 1.54) is 23.5 Å². The van der Waals surface area contributed by atoms with Crippen LogP contribution in [0.25, 0.3) is 0 Å². The normalized spacial score (nSPS) is 14.9. The molecule has 0 bridgehead atoms. The van der Waals surface area contributed by atoms with Gasteiger partial charge in [0.2, 0.25) is 0 Å². The Hall–Kier alpha value is -0.730. The highest BCUT2D eigenvalue weighted by Crippen LogP contribution is 2.48. The molecule has 0 aromatic heterocycles. The number of alkyl halides is 2. The third kappa shape index (κ3) is 8.18. The van der Waals surface area contributed by atoms with Crippen molar-refractivity contribution in [2.45, 2.75) is 29.7 Å². The summed E-state index contributed by atoms with van der Waals surface area (Å²) in [5.41, 5.74) is 1.39. The zero-order chi connectivity index (χ0) is 28.2. The van der Waals surface area contributed by atoms with Crippen LogP contribution >= 0.6 is 93.1 Å². The lowest BCUT2D eigenvalue weighted by molar-refractivity contribution is 0.586. The monoisotopic (exact) mass is 694 g/mol. The summed E-state index contributed by atoms with van der Waals surface area (Å²) in [6.45, 7) is 0. The molecule has 4 unspecified atom stereocenters. The van der Waals surface area contributed by atoms with Gasteiger partial charge < -0.3 is 0 Å². The molecule has 0 radical (unpaired) electrons. The van der Waals surface area contributed by atoms with Crippen LogP contribution in [0.5, 0.6) is 0 Å². The molecule has 0 spiro atoms. The first-order valence-corrected chi connectivity index (χ1v) is 17.2. The van der Waals surface area contributed by atoms with Crippen LogP contribution in [0.2, 0.25) is 20.1 Å². The fourth-order valence-corrected chi connectivity index (χ4v) is 10.1. The Morgan fingerprint density at radius 1 is 0.462 bits per heavy atom. The van der Waals surface area contributed by atoms with Crippen molar-refractivity contribution in [3.63, 3.8) is 0 Å². The number of benzene rings is 4. The first kappa shape index (κ1) is 31.2. The smallest absolute Gasteiger partial charge is 0.186 e. The molecule has 0 amide bonds. The van der Waals surface area contributed by atoms with E-state index in [0.29, 0.717) is 31.2 Å². The highest BCUT2D eigenvalue weighted by molar-refractivity contribution is 8.03. The minimum Gasteiger partial charge on any atom is -0.226 e. The number of hydrogen-bond donors (Lipinski definition) is 0. The number of rotatable bonds is 10. The second-order valence-corrected chi connectivity index (χ2v) is 16.2. The summed E-state index contributed by atoms with van der Waals surface area (Å²) >= 11 is 40.7. The van der Waals surface area contributed by atoms with Crippen LogP contribution in [0.15, 0.2) is 107 Å². The van der Waals surface area contributed by atoms with Gasteiger partial charge >= 0.3 is 0 Å². The lowest BCUT2D eigenvalue weighted by atomic mass is 10.2. The van der Waals surface area contributed by atoms with Crippen molar-refractivity contribution >= 4 is 103 Å². The molecule has 0 fully saturated rings. The molecule has 39 heavy (non-hydrogen) atoms. The molecule has 0 saturated heterocycles. The van der Waals surface area contributed by atoms with Gasteiger partial charge in [-0.15, -0.1) is 46.7 Å². The molecule has 4 atom stereocenters. The van der Waals surface area contributed by atoms with Gasteiger partial charge in [-0.25, -0.2) is 8.42 Å². The van der Waals surface area contributed by atoms with Gasteiger partial charge in [-0.3, -0.25) is 0 Å². The van der Waals surface area contributed by atoms with Gasteiger partial charge in [0.15, 0.2) is 19.3 Å². The Morgan fingerprint density at radius 2 is 0.718 bits per heavy atom. The molecule has 0 aliphatic heterocycles. The van der Waals surface area contributed by atoms with E-state index < -0.39 is 29.8 Å². The van der Waals surface area contributed by atoms with E-state index in [-0.39, 0.29) is 0 Å². The Labute approximate surface area is 267 Å². The number of sulfone groups is 1. The van der Waals surface area contributed by atoms with Crippen LogP contribution < -0.4 is 0 Å². The van der Waals surface area contributed by atoms with Crippen molar-refractivity contribution in [2.75, 3.05) is 0 Å². The zero-order valence-electron chi connectivity index (χ0n) is 19.9. The highest BCUT2D eigenvalue weighted by Gasteiger charge is 2.43. The van der Waals surface area contributed by atoms with Crippen LogP contribution in [0.3, 0.4) is 0 Å². The Bertz CT molecular complexity index is 1370. The summed E-state index contributed by atoms with van der Waals surface area (Å²) < 4.78 is 25.4. The van der Waals surface area contributed by atoms with Crippen molar-refractivity contribution in [2.24, 2.45) is 0 Å². The molecular weight excluding hydrogens is 677 g/mol. The summed E-state index contributed by atoms with van der Waals surface area (Å²) in [5.74, 6) is 0. The highest BCUT2D eigenvalue weighted by atomic mass is 35.5. The zero-order valence-corrected chi connectivity index (χ0v) is 26.8. The molecule has 0 saturated carbocycles. The molecule has 4 aromatic carbocycles. The van der Waals surface area contributed by atoms with E-state index in [4.69, 9.17) is 69.6 Å². The van der Waals surface area contributed by atoms with E-state index in [0.717, 1.165) is 9.79 Å². The maximum absolute atomic E-state index is 14.1. The van der Waals surface area contributed by atoms with Gasteiger partial charge in [0.05, 0.1) is 10.5 Å². The third-order valence-electron chi connectivity index (χ3n) is 5.65. The second-order valence-electron chi connectivity index (χ2n) is 8.38. The first-order chi connectivity index (χ1) is 18.5. The first-order valence-electron chi connectivity index (χ1n) is 11.4. The minimum absolute atomic E-state index is 0.528. The van der Waals surface area contributed by atoms with E-state index in [1.54, 1.807) is 72.8 Å². The molecule has 0 N–H and O–H groups in total. The average Bonchev–Trinajstić information content (AvgIpc) is 2.93. The fraction of sp³-hybridized carbons (Fsp3) is 0.143. The van der Waals surface area contributed by atoms with Crippen molar-refractivity contribution in [1.29, 1.82) is 0 Å². The van der Waals surface area contributed by atoms with E-state index in [2.05, 4.69) is 0 Å². The largest absolute Gasteiger partial charge is 0.226 e. The van der Waals surface area contributed by atoms with Gasteiger partial charge in [0.1, 0.15) is 0 Å². The van der Waals surface area contributed by atoms with Crippen LogP contribution in [0, 0.1) is 0 Å². The van der Waals surface area contributed by atoms with Crippen molar-refractivity contribution in [1.82, 2.24) is 0 Å². The van der Waals surface area contributed by atoms with E-state index >= 15 is 0 Å². The molecule has 2 nitrogen and oxygen atoms in total. The third-order valence-corrected chi connectivity index (χ3v) is 13.8. The SMILES string of the molecule is O=S(=O)(C(Cl)C(Sc1ccc(Cl)cc1)c1ccc(Cl)cc1)C(Cl)C(Sc1ccc(Cl)cc1)c1ccc(Cl)cc1. The predicted octanol–water partition coefficient (Wildman–Crippen LogP) is 11.2. The van der Waals surface area contributed by atoms with Gasteiger partial charge in [0.25, 0.3) is 0 Å². The fourth-order valence-electron chi connectivity index (χ4n) is 3.64. The number of halogens is 6. The Balaban J connectivity index is 1.71. The number of hydrogen-bond acceptors (Lipinski definition) is 4. The van der Waals surface area contributed by atoms with Gasteiger partial charge in [0, 0.05) is 29.9 Å².